The van der Waals surface area contributed by atoms with Crippen molar-refractivity contribution < 1.29 is 4.79 Å². The van der Waals surface area contributed by atoms with Crippen LogP contribution in [0.3, 0.4) is 0 Å². The molecule has 1 saturated carbocycles. The average Bonchev–Trinajstić information content (AvgIpc) is 3.12. The molecule has 1 aliphatic carbocycles. The van der Waals surface area contributed by atoms with Crippen molar-refractivity contribution in [3.8, 4) is 0 Å². The number of amides is 1. The summed E-state index contributed by atoms with van der Waals surface area (Å²) in [5, 5.41) is 4.47. The highest BCUT2D eigenvalue weighted by Gasteiger charge is 2.33. The van der Waals surface area contributed by atoms with Crippen molar-refractivity contribution >= 4 is 28.8 Å². The zero-order chi connectivity index (χ0) is 13.2. The molecule has 0 N–H and O–H groups in total. The highest BCUT2D eigenvalue weighted by atomic mass is 35.5. The van der Waals surface area contributed by atoms with E-state index in [1.54, 1.807) is 29.5 Å². The molecule has 1 aliphatic rings. The van der Waals surface area contributed by atoms with Gasteiger partial charge in [0.15, 0.2) is 0 Å². The fourth-order valence-electron chi connectivity index (χ4n) is 2.01. The fraction of sp³-hybridized carbons (Fsp3) is 0.286. The van der Waals surface area contributed by atoms with Gasteiger partial charge in [-0.1, -0.05) is 17.7 Å². The van der Waals surface area contributed by atoms with Gasteiger partial charge in [0.2, 0.25) is 0 Å². The Balaban J connectivity index is 1.82. The van der Waals surface area contributed by atoms with E-state index in [-0.39, 0.29) is 5.91 Å². The van der Waals surface area contributed by atoms with E-state index >= 15 is 0 Å². The Kier molecular flexibility index (Phi) is 3.53. The largest absolute Gasteiger partial charge is 0.330 e. The van der Waals surface area contributed by atoms with E-state index in [1.807, 2.05) is 10.3 Å². The molecule has 2 heterocycles. The first-order valence-corrected chi connectivity index (χ1v) is 7.51. The number of hydrogen-bond acceptors (Lipinski definition) is 3. The minimum Gasteiger partial charge on any atom is -0.330 e. The van der Waals surface area contributed by atoms with Crippen molar-refractivity contribution in [3.63, 3.8) is 0 Å². The van der Waals surface area contributed by atoms with E-state index in [0.29, 0.717) is 23.4 Å². The zero-order valence-corrected chi connectivity index (χ0v) is 11.8. The van der Waals surface area contributed by atoms with Gasteiger partial charge in [-0.3, -0.25) is 4.79 Å². The maximum absolute atomic E-state index is 12.5. The van der Waals surface area contributed by atoms with Crippen LogP contribution < -0.4 is 0 Å². The molecule has 98 valence electrons. The second-order valence-electron chi connectivity index (χ2n) is 4.64. The van der Waals surface area contributed by atoms with E-state index in [4.69, 9.17) is 11.6 Å². The number of nitrogens with zero attached hydrogens (tertiary/aromatic N) is 2. The van der Waals surface area contributed by atoms with Crippen molar-refractivity contribution in [2.45, 2.75) is 25.4 Å². The van der Waals surface area contributed by atoms with Crippen LogP contribution in [0.25, 0.3) is 0 Å². The highest BCUT2D eigenvalue weighted by molar-refractivity contribution is 7.07. The zero-order valence-electron chi connectivity index (χ0n) is 10.3. The minimum absolute atomic E-state index is 0.0313. The van der Waals surface area contributed by atoms with Gasteiger partial charge in [0, 0.05) is 12.6 Å². The lowest BCUT2D eigenvalue weighted by Gasteiger charge is -2.21. The summed E-state index contributed by atoms with van der Waals surface area (Å²) in [5.41, 5.74) is 1.60. The van der Waals surface area contributed by atoms with Crippen LogP contribution in [0, 0.1) is 0 Å². The van der Waals surface area contributed by atoms with Gasteiger partial charge in [0.25, 0.3) is 5.91 Å². The molecule has 19 heavy (non-hydrogen) atoms. The van der Waals surface area contributed by atoms with E-state index in [9.17, 15) is 4.79 Å². The summed E-state index contributed by atoms with van der Waals surface area (Å²) in [5.74, 6) is -0.0313. The van der Waals surface area contributed by atoms with Gasteiger partial charge in [0.05, 0.1) is 0 Å². The van der Waals surface area contributed by atoms with E-state index in [2.05, 4.69) is 16.4 Å². The second-order valence-corrected chi connectivity index (χ2v) is 5.81. The molecule has 1 amide bonds. The fourth-order valence-corrected chi connectivity index (χ4v) is 2.83. The van der Waals surface area contributed by atoms with Crippen LogP contribution in [0.5, 0.6) is 0 Å². The van der Waals surface area contributed by atoms with Crippen molar-refractivity contribution in [2.75, 3.05) is 0 Å². The molecular weight excluding hydrogens is 280 g/mol. The number of thiophene rings is 1. The van der Waals surface area contributed by atoms with Gasteiger partial charge in [-0.2, -0.15) is 11.3 Å². The molecule has 3 rings (SSSR count). The van der Waals surface area contributed by atoms with Crippen molar-refractivity contribution in [2.24, 2.45) is 0 Å². The first kappa shape index (κ1) is 12.6. The summed E-state index contributed by atoms with van der Waals surface area (Å²) >= 11 is 7.50. The molecule has 0 aliphatic heterocycles. The normalized spacial score (nSPS) is 14.4. The van der Waals surface area contributed by atoms with Crippen LogP contribution in [0.1, 0.15) is 28.9 Å². The van der Waals surface area contributed by atoms with Gasteiger partial charge < -0.3 is 4.90 Å². The third kappa shape index (κ3) is 2.96. The lowest BCUT2D eigenvalue weighted by molar-refractivity contribution is 0.0724. The van der Waals surface area contributed by atoms with Crippen LogP contribution in [-0.2, 0) is 6.54 Å². The van der Waals surface area contributed by atoms with Gasteiger partial charge in [-0.15, -0.1) is 0 Å². The average molecular weight is 293 g/mol. The molecule has 5 heteroatoms. The molecule has 0 unspecified atom stereocenters. The number of hydrogen-bond donors (Lipinski definition) is 0. The number of carbonyl (C=O) groups is 1. The molecule has 2 aromatic rings. The smallest absolute Gasteiger partial charge is 0.273 e. The van der Waals surface area contributed by atoms with Gasteiger partial charge >= 0.3 is 0 Å². The summed E-state index contributed by atoms with van der Waals surface area (Å²) in [6.07, 6.45) is 2.16. The van der Waals surface area contributed by atoms with E-state index in [1.165, 1.54) is 5.56 Å². The molecular formula is C14H13ClN2OS. The highest BCUT2D eigenvalue weighted by Crippen LogP contribution is 2.30. The first-order valence-electron chi connectivity index (χ1n) is 6.18. The summed E-state index contributed by atoms with van der Waals surface area (Å²) < 4.78 is 0. The van der Waals surface area contributed by atoms with Crippen molar-refractivity contribution in [1.82, 2.24) is 9.88 Å². The quantitative estimate of drug-likeness (QED) is 0.807. The molecule has 3 nitrogen and oxygen atoms in total. The molecule has 1 fully saturated rings. The minimum atomic E-state index is -0.0313. The third-order valence-corrected chi connectivity index (χ3v) is 4.06. The molecule has 0 radical (unpaired) electrons. The van der Waals surface area contributed by atoms with Crippen LogP contribution in [0.2, 0.25) is 5.15 Å². The SMILES string of the molecule is O=C(c1cccc(Cl)n1)N(Cc1ccsc1)C1CC1. The van der Waals surface area contributed by atoms with Crippen LogP contribution >= 0.6 is 22.9 Å². The molecule has 0 atom stereocenters. The summed E-state index contributed by atoms with van der Waals surface area (Å²) in [4.78, 5) is 18.5. The Hall–Kier alpha value is -1.39. The van der Waals surface area contributed by atoms with E-state index in [0.717, 1.165) is 12.8 Å². The molecule has 0 bridgehead atoms. The van der Waals surface area contributed by atoms with Crippen LogP contribution in [0.15, 0.2) is 35.0 Å². The molecule has 0 aromatic carbocycles. The van der Waals surface area contributed by atoms with Crippen LogP contribution in [-0.4, -0.2) is 21.8 Å². The van der Waals surface area contributed by atoms with E-state index < -0.39 is 0 Å². The number of carbonyl (C=O) groups excluding carboxylic acids is 1. The number of halogens is 1. The Bertz CT molecular complexity index is 581. The lowest BCUT2D eigenvalue weighted by Crippen LogP contribution is -2.33. The topological polar surface area (TPSA) is 33.2 Å². The second kappa shape index (κ2) is 5.31. The predicted octanol–water partition coefficient (Wildman–Crippen LogP) is 3.60. The van der Waals surface area contributed by atoms with Crippen molar-refractivity contribution in [1.29, 1.82) is 0 Å². The summed E-state index contributed by atoms with van der Waals surface area (Å²) in [6.45, 7) is 0.654. The maximum Gasteiger partial charge on any atom is 0.273 e. The molecule has 2 aromatic heterocycles. The standard InChI is InChI=1S/C14H13ClN2OS/c15-13-3-1-2-12(16-13)14(18)17(11-4-5-11)8-10-6-7-19-9-10/h1-3,6-7,9,11H,4-5,8H2. The van der Waals surface area contributed by atoms with Gasteiger partial charge in [-0.25, -0.2) is 4.98 Å². The molecule has 0 saturated heterocycles. The Morgan fingerprint density at radius 1 is 1.42 bits per heavy atom. The van der Waals surface area contributed by atoms with Crippen molar-refractivity contribution in [3.05, 3.63) is 51.4 Å². The Labute approximate surface area is 120 Å². The lowest BCUT2D eigenvalue weighted by atomic mass is 10.2. The molecule has 0 spiro atoms. The first-order chi connectivity index (χ1) is 9.24. The Morgan fingerprint density at radius 3 is 2.89 bits per heavy atom. The predicted molar refractivity (Wildman–Crippen MR) is 76.5 cm³/mol. The number of rotatable bonds is 4. The summed E-state index contributed by atoms with van der Waals surface area (Å²) in [7, 11) is 0. The monoisotopic (exact) mass is 292 g/mol. The number of aromatic nitrogens is 1. The van der Waals surface area contributed by atoms with Gasteiger partial charge in [0.1, 0.15) is 10.8 Å². The summed E-state index contributed by atoms with van der Waals surface area (Å²) in [6, 6.07) is 7.57. The van der Waals surface area contributed by atoms with Gasteiger partial charge in [-0.05, 0) is 47.4 Å². The van der Waals surface area contributed by atoms with Crippen LogP contribution in [0.4, 0.5) is 0 Å². The Morgan fingerprint density at radius 2 is 2.26 bits per heavy atom. The third-order valence-electron chi connectivity index (χ3n) is 3.12. The number of pyridine rings is 1. The maximum atomic E-state index is 12.5.